The first kappa shape index (κ1) is 14.5. The van der Waals surface area contributed by atoms with Crippen LogP contribution < -0.4 is 16.8 Å². The Labute approximate surface area is 116 Å². The number of primary amides is 1. The molecule has 5 nitrogen and oxygen atoms in total. The number of nitrogens with one attached hydrogen (secondary N) is 1. The molecule has 0 radical (unpaired) electrons. The van der Waals surface area contributed by atoms with E-state index in [1.807, 2.05) is 0 Å². The number of fused-ring (bicyclic) bond motifs is 1. The van der Waals surface area contributed by atoms with Gasteiger partial charge in [0.15, 0.2) is 0 Å². The number of carbonyl (C=O) groups is 2. The van der Waals surface area contributed by atoms with E-state index in [4.69, 9.17) is 11.5 Å². The Hall–Kier alpha value is -1.95. The molecule has 6 heteroatoms. The number of carbonyl (C=O) groups excluding carboxylic acids is 2. The second-order valence-corrected chi connectivity index (χ2v) is 5.04. The first-order valence-corrected chi connectivity index (χ1v) is 6.63. The van der Waals surface area contributed by atoms with Crippen molar-refractivity contribution in [3.63, 3.8) is 0 Å². The summed E-state index contributed by atoms with van der Waals surface area (Å²) in [7, 11) is 0. The van der Waals surface area contributed by atoms with Gasteiger partial charge in [-0.2, -0.15) is 0 Å². The van der Waals surface area contributed by atoms with Crippen molar-refractivity contribution in [3.8, 4) is 0 Å². The maximum absolute atomic E-state index is 14.0. The van der Waals surface area contributed by atoms with E-state index in [9.17, 15) is 14.0 Å². The monoisotopic (exact) mass is 279 g/mol. The van der Waals surface area contributed by atoms with Crippen molar-refractivity contribution in [3.05, 3.63) is 29.1 Å². The van der Waals surface area contributed by atoms with E-state index in [0.29, 0.717) is 36.9 Å². The average Bonchev–Trinajstić information content (AvgIpc) is 2.37. The molecule has 0 spiro atoms. The van der Waals surface area contributed by atoms with Gasteiger partial charge < -0.3 is 16.8 Å². The molecule has 1 unspecified atom stereocenters. The minimum atomic E-state index is -0.475. The van der Waals surface area contributed by atoms with Gasteiger partial charge in [-0.3, -0.25) is 9.59 Å². The van der Waals surface area contributed by atoms with Gasteiger partial charge in [-0.25, -0.2) is 4.39 Å². The first-order chi connectivity index (χ1) is 9.47. The summed E-state index contributed by atoms with van der Waals surface area (Å²) in [5.74, 6) is -0.918. The quantitative estimate of drug-likeness (QED) is 0.759. The second-order valence-electron chi connectivity index (χ2n) is 5.04. The molecule has 0 bridgehead atoms. The smallest absolute Gasteiger partial charge is 0.224 e. The number of halogens is 1. The Morgan fingerprint density at radius 2 is 2.15 bits per heavy atom. The molecule has 1 aliphatic heterocycles. The lowest BCUT2D eigenvalue weighted by atomic mass is 9.95. The van der Waals surface area contributed by atoms with E-state index in [2.05, 4.69) is 5.32 Å². The standard InChI is InChI=1S/C14H18FN3O2/c15-10-7-12-8(4-5-14(20)18-12)6-9(10)11(16)2-1-3-13(17)19/h6-7,11H,1-5,16H2,(H2,17,19)(H,18,20). The maximum Gasteiger partial charge on any atom is 0.224 e. The largest absolute Gasteiger partial charge is 0.370 e. The van der Waals surface area contributed by atoms with Gasteiger partial charge >= 0.3 is 0 Å². The van der Waals surface area contributed by atoms with Crippen LogP contribution in [0, 0.1) is 5.82 Å². The molecule has 20 heavy (non-hydrogen) atoms. The molecule has 108 valence electrons. The molecule has 0 fully saturated rings. The van der Waals surface area contributed by atoms with E-state index in [-0.39, 0.29) is 18.2 Å². The minimum Gasteiger partial charge on any atom is -0.370 e. The van der Waals surface area contributed by atoms with Crippen LogP contribution in [0.4, 0.5) is 10.1 Å². The number of nitrogens with two attached hydrogens (primary N) is 2. The molecule has 5 N–H and O–H groups in total. The second kappa shape index (κ2) is 6.00. The first-order valence-electron chi connectivity index (χ1n) is 6.63. The number of rotatable bonds is 5. The van der Waals surface area contributed by atoms with Crippen LogP contribution in [0.15, 0.2) is 12.1 Å². The summed E-state index contributed by atoms with van der Waals surface area (Å²) in [5, 5.41) is 2.64. The number of aryl methyl sites for hydroxylation is 1. The predicted molar refractivity (Wildman–Crippen MR) is 73.3 cm³/mol. The van der Waals surface area contributed by atoms with Crippen molar-refractivity contribution in [1.29, 1.82) is 0 Å². The zero-order chi connectivity index (χ0) is 14.7. The summed E-state index contributed by atoms with van der Waals surface area (Å²) in [5.41, 5.74) is 12.9. The number of amides is 2. The third kappa shape index (κ3) is 3.33. The highest BCUT2D eigenvalue weighted by Gasteiger charge is 2.20. The SMILES string of the molecule is NC(=O)CCCC(N)c1cc2c(cc1F)NC(=O)CC2. The van der Waals surface area contributed by atoms with Crippen molar-refractivity contribution in [2.45, 2.75) is 38.1 Å². The molecule has 0 aliphatic carbocycles. The van der Waals surface area contributed by atoms with Gasteiger partial charge in [0, 0.05) is 30.1 Å². The van der Waals surface area contributed by atoms with E-state index in [1.54, 1.807) is 6.07 Å². The van der Waals surface area contributed by atoms with E-state index >= 15 is 0 Å². The van der Waals surface area contributed by atoms with Gasteiger partial charge in [-0.05, 0) is 37.0 Å². The lowest BCUT2D eigenvalue weighted by Gasteiger charge is -2.20. The number of benzene rings is 1. The summed E-state index contributed by atoms with van der Waals surface area (Å²) in [4.78, 5) is 21.9. The molecule has 0 aromatic heterocycles. The molecule has 1 aromatic rings. The van der Waals surface area contributed by atoms with Crippen molar-refractivity contribution in [2.24, 2.45) is 11.5 Å². The molecule has 1 aliphatic rings. The average molecular weight is 279 g/mol. The summed E-state index contributed by atoms with van der Waals surface area (Å²) in [6, 6.07) is 2.55. The summed E-state index contributed by atoms with van der Waals surface area (Å²) in [6.45, 7) is 0. The van der Waals surface area contributed by atoms with E-state index in [1.165, 1.54) is 6.07 Å². The van der Waals surface area contributed by atoms with Gasteiger partial charge in [-0.1, -0.05) is 0 Å². The third-order valence-electron chi connectivity index (χ3n) is 3.46. The highest BCUT2D eigenvalue weighted by molar-refractivity contribution is 5.93. The van der Waals surface area contributed by atoms with Crippen LogP contribution >= 0.6 is 0 Å². The molecule has 0 saturated carbocycles. The van der Waals surface area contributed by atoms with Crippen LogP contribution in [0.5, 0.6) is 0 Å². The highest BCUT2D eigenvalue weighted by atomic mass is 19.1. The summed E-state index contributed by atoms with van der Waals surface area (Å²) < 4.78 is 14.0. The lowest BCUT2D eigenvalue weighted by molar-refractivity contribution is -0.118. The minimum absolute atomic E-state index is 0.101. The van der Waals surface area contributed by atoms with Crippen LogP contribution in [-0.4, -0.2) is 11.8 Å². The van der Waals surface area contributed by atoms with Crippen LogP contribution in [-0.2, 0) is 16.0 Å². The van der Waals surface area contributed by atoms with Gasteiger partial charge in [0.1, 0.15) is 5.82 Å². The molecular formula is C14H18FN3O2. The zero-order valence-electron chi connectivity index (χ0n) is 11.1. The van der Waals surface area contributed by atoms with Crippen LogP contribution in [0.1, 0.15) is 42.9 Å². The molecule has 1 heterocycles. The van der Waals surface area contributed by atoms with Gasteiger partial charge in [0.25, 0.3) is 0 Å². The maximum atomic E-state index is 14.0. The van der Waals surface area contributed by atoms with Crippen LogP contribution in [0.3, 0.4) is 0 Å². The predicted octanol–water partition coefficient (Wildman–Crippen LogP) is 1.37. The van der Waals surface area contributed by atoms with Gasteiger partial charge in [0.2, 0.25) is 11.8 Å². The number of anilines is 1. The zero-order valence-corrected chi connectivity index (χ0v) is 11.1. The molecule has 0 saturated heterocycles. The number of hydrogen-bond acceptors (Lipinski definition) is 3. The van der Waals surface area contributed by atoms with E-state index in [0.717, 1.165) is 5.56 Å². The Bertz CT molecular complexity index is 545. The van der Waals surface area contributed by atoms with Gasteiger partial charge in [-0.15, -0.1) is 0 Å². The highest BCUT2D eigenvalue weighted by Crippen LogP contribution is 2.29. The van der Waals surface area contributed by atoms with E-state index < -0.39 is 11.9 Å². The molecule has 2 rings (SSSR count). The lowest BCUT2D eigenvalue weighted by Crippen LogP contribution is -2.21. The molecular weight excluding hydrogens is 261 g/mol. The van der Waals surface area contributed by atoms with Crippen molar-refractivity contribution >= 4 is 17.5 Å². The van der Waals surface area contributed by atoms with Crippen LogP contribution in [0.2, 0.25) is 0 Å². The van der Waals surface area contributed by atoms with Gasteiger partial charge in [0.05, 0.1) is 0 Å². The Morgan fingerprint density at radius 1 is 1.40 bits per heavy atom. The van der Waals surface area contributed by atoms with Crippen molar-refractivity contribution < 1.29 is 14.0 Å². The fourth-order valence-corrected chi connectivity index (χ4v) is 2.36. The molecule has 1 aromatic carbocycles. The third-order valence-corrected chi connectivity index (χ3v) is 3.46. The topological polar surface area (TPSA) is 98.2 Å². The Kier molecular flexibility index (Phi) is 4.34. The fourth-order valence-electron chi connectivity index (χ4n) is 2.36. The molecule has 2 amide bonds. The molecule has 1 atom stereocenters. The normalized spacial score (nSPS) is 15.4. The Morgan fingerprint density at radius 3 is 2.85 bits per heavy atom. The fraction of sp³-hybridized carbons (Fsp3) is 0.429. The van der Waals surface area contributed by atoms with Crippen molar-refractivity contribution in [1.82, 2.24) is 0 Å². The van der Waals surface area contributed by atoms with Crippen molar-refractivity contribution in [2.75, 3.05) is 5.32 Å². The van der Waals surface area contributed by atoms with Crippen LogP contribution in [0.25, 0.3) is 0 Å². The summed E-state index contributed by atoms with van der Waals surface area (Å²) >= 11 is 0. The Balaban J connectivity index is 2.12. The number of hydrogen-bond donors (Lipinski definition) is 3. The summed E-state index contributed by atoms with van der Waals surface area (Å²) in [6.07, 6.45) is 2.25.